The lowest BCUT2D eigenvalue weighted by Crippen LogP contribution is -2.48. The Kier molecular flexibility index (Phi) is 5.78. The van der Waals surface area contributed by atoms with Crippen LogP contribution in [-0.2, 0) is 17.8 Å². The summed E-state index contributed by atoms with van der Waals surface area (Å²) in [4.78, 5) is 27.0. The van der Waals surface area contributed by atoms with Crippen LogP contribution in [0, 0.1) is 6.92 Å². The standard InChI is InChI=1S/C22H24N4OS/c1-17-20(28-22(24-17)19-7-9-23-10-8-19)15-21(27)26-13-11-25(12-14-26)16-18-5-3-2-4-6-18/h2-10H,11-16H2,1H3. The van der Waals surface area contributed by atoms with Crippen LogP contribution in [0.5, 0.6) is 0 Å². The van der Waals surface area contributed by atoms with Crippen molar-refractivity contribution in [3.05, 3.63) is 71.0 Å². The molecule has 0 unspecified atom stereocenters. The van der Waals surface area contributed by atoms with E-state index in [0.717, 1.165) is 53.9 Å². The summed E-state index contributed by atoms with van der Waals surface area (Å²) >= 11 is 1.61. The first-order valence-electron chi connectivity index (χ1n) is 9.60. The summed E-state index contributed by atoms with van der Waals surface area (Å²) in [6.07, 6.45) is 3.98. The highest BCUT2D eigenvalue weighted by Gasteiger charge is 2.22. The first-order valence-corrected chi connectivity index (χ1v) is 10.4. The molecule has 2 aromatic heterocycles. The van der Waals surface area contributed by atoms with Gasteiger partial charge in [-0.05, 0) is 24.6 Å². The molecule has 0 radical (unpaired) electrons. The average Bonchev–Trinajstić information content (AvgIpc) is 3.10. The molecule has 1 amide bonds. The first-order chi connectivity index (χ1) is 13.7. The van der Waals surface area contributed by atoms with Crippen molar-refractivity contribution in [2.75, 3.05) is 26.2 Å². The van der Waals surface area contributed by atoms with E-state index in [2.05, 4.69) is 39.1 Å². The maximum Gasteiger partial charge on any atom is 0.227 e. The van der Waals surface area contributed by atoms with Crippen LogP contribution in [0.3, 0.4) is 0 Å². The van der Waals surface area contributed by atoms with E-state index in [9.17, 15) is 4.79 Å². The second-order valence-corrected chi connectivity index (χ2v) is 8.17. The lowest BCUT2D eigenvalue weighted by atomic mass is 10.2. The summed E-state index contributed by atoms with van der Waals surface area (Å²) < 4.78 is 0. The summed E-state index contributed by atoms with van der Waals surface area (Å²) in [6.45, 7) is 6.37. The maximum absolute atomic E-state index is 12.8. The fourth-order valence-corrected chi connectivity index (χ4v) is 4.52. The van der Waals surface area contributed by atoms with Crippen LogP contribution in [0.2, 0.25) is 0 Å². The number of carbonyl (C=O) groups excluding carboxylic acids is 1. The van der Waals surface area contributed by atoms with Crippen molar-refractivity contribution in [1.82, 2.24) is 19.8 Å². The third kappa shape index (κ3) is 4.46. The summed E-state index contributed by atoms with van der Waals surface area (Å²) in [7, 11) is 0. The molecule has 0 aliphatic carbocycles. The van der Waals surface area contributed by atoms with Crippen LogP contribution in [0.1, 0.15) is 16.1 Å². The number of piperazine rings is 1. The number of aryl methyl sites for hydroxylation is 1. The van der Waals surface area contributed by atoms with E-state index in [0.29, 0.717) is 6.42 Å². The Morgan fingerprint density at radius 3 is 2.46 bits per heavy atom. The highest BCUT2D eigenvalue weighted by atomic mass is 32.1. The van der Waals surface area contributed by atoms with Gasteiger partial charge in [0.2, 0.25) is 5.91 Å². The third-order valence-electron chi connectivity index (χ3n) is 5.11. The van der Waals surface area contributed by atoms with Crippen LogP contribution >= 0.6 is 11.3 Å². The van der Waals surface area contributed by atoms with Gasteiger partial charge in [-0.25, -0.2) is 4.98 Å². The predicted octanol–water partition coefficient (Wildman–Crippen LogP) is 3.40. The molecule has 3 aromatic rings. The molecule has 4 rings (SSSR count). The largest absolute Gasteiger partial charge is 0.340 e. The molecule has 0 bridgehead atoms. The van der Waals surface area contributed by atoms with E-state index < -0.39 is 0 Å². The van der Waals surface area contributed by atoms with Crippen LogP contribution in [0.25, 0.3) is 10.6 Å². The van der Waals surface area contributed by atoms with Crippen molar-refractivity contribution >= 4 is 17.2 Å². The van der Waals surface area contributed by atoms with E-state index in [-0.39, 0.29) is 5.91 Å². The summed E-state index contributed by atoms with van der Waals surface area (Å²) in [6, 6.07) is 14.4. The monoisotopic (exact) mass is 392 g/mol. The quantitative estimate of drug-likeness (QED) is 0.668. The van der Waals surface area contributed by atoms with Gasteiger partial charge < -0.3 is 4.90 Å². The molecular formula is C22H24N4OS. The molecule has 1 aromatic carbocycles. The van der Waals surface area contributed by atoms with Gasteiger partial charge in [-0.1, -0.05) is 30.3 Å². The zero-order chi connectivity index (χ0) is 19.3. The molecule has 6 heteroatoms. The molecule has 1 aliphatic rings. The Morgan fingerprint density at radius 1 is 1.04 bits per heavy atom. The summed E-state index contributed by atoms with van der Waals surface area (Å²) in [5.41, 5.74) is 3.33. The Bertz CT molecular complexity index is 918. The van der Waals surface area contributed by atoms with E-state index in [1.165, 1.54) is 5.56 Å². The topological polar surface area (TPSA) is 49.3 Å². The normalized spacial score (nSPS) is 15.0. The van der Waals surface area contributed by atoms with Crippen molar-refractivity contribution in [3.8, 4) is 10.6 Å². The van der Waals surface area contributed by atoms with Gasteiger partial charge in [0.05, 0.1) is 12.1 Å². The van der Waals surface area contributed by atoms with Crippen molar-refractivity contribution < 1.29 is 4.79 Å². The van der Waals surface area contributed by atoms with Crippen LogP contribution in [-0.4, -0.2) is 51.9 Å². The van der Waals surface area contributed by atoms with E-state index in [4.69, 9.17) is 0 Å². The number of aromatic nitrogens is 2. The molecule has 5 nitrogen and oxygen atoms in total. The maximum atomic E-state index is 12.8. The molecule has 0 N–H and O–H groups in total. The summed E-state index contributed by atoms with van der Waals surface area (Å²) in [5.74, 6) is 0.201. The Labute approximate surface area is 169 Å². The molecule has 144 valence electrons. The Hall–Kier alpha value is -2.57. The molecule has 0 spiro atoms. The smallest absolute Gasteiger partial charge is 0.227 e. The molecule has 0 atom stereocenters. The van der Waals surface area contributed by atoms with Gasteiger partial charge in [-0.2, -0.15) is 0 Å². The van der Waals surface area contributed by atoms with Gasteiger partial charge in [-0.3, -0.25) is 14.7 Å². The van der Waals surface area contributed by atoms with E-state index in [1.54, 1.807) is 23.7 Å². The second kappa shape index (κ2) is 8.63. The minimum absolute atomic E-state index is 0.201. The van der Waals surface area contributed by atoms with Gasteiger partial charge in [-0.15, -0.1) is 11.3 Å². The fourth-order valence-electron chi connectivity index (χ4n) is 3.46. The van der Waals surface area contributed by atoms with E-state index in [1.807, 2.05) is 30.0 Å². The van der Waals surface area contributed by atoms with E-state index >= 15 is 0 Å². The highest BCUT2D eigenvalue weighted by molar-refractivity contribution is 7.15. The number of amides is 1. The number of hydrogen-bond acceptors (Lipinski definition) is 5. The number of pyridine rings is 1. The van der Waals surface area contributed by atoms with Crippen molar-refractivity contribution in [1.29, 1.82) is 0 Å². The van der Waals surface area contributed by atoms with Crippen LogP contribution in [0.15, 0.2) is 54.9 Å². The van der Waals surface area contributed by atoms with Gasteiger partial charge in [0, 0.05) is 55.6 Å². The fraction of sp³-hybridized carbons (Fsp3) is 0.318. The minimum Gasteiger partial charge on any atom is -0.340 e. The Balaban J connectivity index is 1.33. The zero-order valence-electron chi connectivity index (χ0n) is 16.0. The molecule has 1 fully saturated rings. The summed E-state index contributed by atoms with van der Waals surface area (Å²) in [5, 5.41) is 0.954. The average molecular weight is 393 g/mol. The van der Waals surface area contributed by atoms with Crippen molar-refractivity contribution in [3.63, 3.8) is 0 Å². The highest BCUT2D eigenvalue weighted by Crippen LogP contribution is 2.28. The molecule has 0 saturated carbocycles. The molecule has 3 heterocycles. The minimum atomic E-state index is 0.201. The molecule has 1 saturated heterocycles. The molecule has 28 heavy (non-hydrogen) atoms. The second-order valence-electron chi connectivity index (χ2n) is 7.08. The molecular weight excluding hydrogens is 368 g/mol. The lowest BCUT2D eigenvalue weighted by Gasteiger charge is -2.34. The van der Waals surface area contributed by atoms with Gasteiger partial charge in [0.1, 0.15) is 5.01 Å². The Morgan fingerprint density at radius 2 is 1.75 bits per heavy atom. The van der Waals surface area contributed by atoms with Gasteiger partial charge >= 0.3 is 0 Å². The number of benzene rings is 1. The van der Waals surface area contributed by atoms with Crippen LogP contribution in [0.4, 0.5) is 0 Å². The first kappa shape index (κ1) is 18.8. The SMILES string of the molecule is Cc1nc(-c2ccncc2)sc1CC(=O)N1CCN(Cc2ccccc2)CC1. The zero-order valence-corrected chi connectivity index (χ0v) is 16.9. The number of thiazole rings is 1. The third-order valence-corrected chi connectivity index (χ3v) is 6.31. The van der Waals surface area contributed by atoms with Crippen molar-refractivity contribution in [2.45, 2.75) is 19.9 Å². The number of nitrogens with zero attached hydrogens (tertiary/aromatic N) is 4. The predicted molar refractivity (Wildman–Crippen MR) is 112 cm³/mol. The van der Waals surface area contributed by atoms with Gasteiger partial charge in [0.15, 0.2) is 0 Å². The number of carbonyl (C=O) groups is 1. The van der Waals surface area contributed by atoms with Crippen LogP contribution < -0.4 is 0 Å². The number of hydrogen-bond donors (Lipinski definition) is 0. The lowest BCUT2D eigenvalue weighted by molar-refractivity contribution is -0.132. The number of rotatable bonds is 5. The van der Waals surface area contributed by atoms with Gasteiger partial charge in [0.25, 0.3) is 0 Å². The molecule has 1 aliphatic heterocycles. The van der Waals surface area contributed by atoms with Crippen molar-refractivity contribution in [2.24, 2.45) is 0 Å².